The van der Waals surface area contributed by atoms with Crippen LogP contribution in [0, 0.1) is 5.92 Å². The zero-order chi connectivity index (χ0) is 14.2. The summed E-state index contributed by atoms with van der Waals surface area (Å²) in [5.41, 5.74) is -0.553. The van der Waals surface area contributed by atoms with Crippen LogP contribution in [0.4, 0.5) is 0 Å². The predicted molar refractivity (Wildman–Crippen MR) is 75.7 cm³/mol. The number of carbonyl (C=O) groups excluding carboxylic acids is 1. The van der Waals surface area contributed by atoms with Crippen molar-refractivity contribution in [3.8, 4) is 0 Å². The Morgan fingerprint density at radius 1 is 1.44 bits per heavy atom. The molecule has 0 amide bonds. The van der Waals surface area contributed by atoms with E-state index in [9.17, 15) is 4.79 Å². The Labute approximate surface area is 112 Å². The van der Waals surface area contributed by atoms with Crippen LogP contribution in [0.3, 0.4) is 0 Å². The van der Waals surface area contributed by atoms with Gasteiger partial charge >= 0.3 is 5.97 Å². The van der Waals surface area contributed by atoms with Crippen molar-refractivity contribution < 1.29 is 9.53 Å². The molecule has 108 valence electrons. The number of ether oxygens (including phenoxy) is 1. The van der Waals surface area contributed by atoms with Gasteiger partial charge in [-0.1, -0.05) is 20.8 Å². The highest BCUT2D eigenvalue weighted by Gasteiger charge is 2.32. The number of methoxy groups -OCH3 is 1. The molecule has 1 N–H and O–H groups in total. The summed E-state index contributed by atoms with van der Waals surface area (Å²) in [4.78, 5) is 14.1. The summed E-state index contributed by atoms with van der Waals surface area (Å²) in [5, 5.41) is 3.23. The molecule has 0 heterocycles. The molecule has 0 aromatic rings. The number of nitrogens with zero attached hydrogens (tertiary/aromatic N) is 1. The van der Waals surface area contributed by atoms with Gasteiger partial charge in [-0.25, -0.2) is 0 Å². The quantitative estimate of drug-likeness (QED) is 0.641. The fourth-order valence-electron chi connectivity index (χ4n) is 2.30. The third-order valence-electron chi connectivity index (χ3n) is 3.10. The van der Waals surface area contributed by atoms with Crippen molar-refractivity contribution in [3.05, 3.63) is 0 Å². The van der Waals surface area contributed by atoms with Gasteiger partial charge < -0.3 is 15.0 Å². The van der Waals surface area contributed by atoms with E-state index in [2.05, 4.69) is 31.1 Å². The third kappa shape index (κ3) is 6.36. The maximum absolute atomic E-state index is 11.8. The van der Waals surface area contributed by atoms with Crippen LogP contribution in [0.15, 0.2) is 0 Å². The second kappa shape index (κ2) is 8.48. The lowest BCUT2D eigenvalue weighted by Crippen LogP contribution is -2.50. The molecule has 4 heteroatoms. The van der Waals surface area contributed by atoms with Crippen LogP contribution in [-0.2, 0) is 9.53 Å². The molecule has 0 spiro atoms. The molecular formula is C14H30N2O2. The van der Waals surface area contributed by atoms with Gasteiger partial charge in [-0.15, -0.1) is 0 Å². The summed E-state index contributed by atoms with van der Waals surface area (Å²) in [6.07, 6.45) is 1.79. The molecule has 0 rings (SSSR count). The Bertz CT molecular complexity index is 244. The summed E-state index contributed by atoms with van der Waals surface area (Å²) in [7, 11) is 3.57. The number of likely N-dealkylation sites (N-methyl/N-ethyl adjacent to an activating group) is 1. The van der Waals surface area contributed by atoms with Gasteiger partial charge in [0, 0.05) is 6.54 Å². The molecule has 0 aliphatic rings. The molecule has 0 bridgehead atoms. The maximum atomic E-state index is 11.8. The Morgan fingerprint density at radius 3 is 2.50 bits per heavy atom. The van der Waals surface area contributed by atoms with E-state index in [1.807, 2.05) is 13.8 Å². The molecule has 0 aromatic carbocycles. The minimum atomic E-state index is -0.553. The topological polar surface area (TPSA) is 41.6 Å². The smallest absolute Gasteiger partial charge is 0.325 e. The summed E-state index contributed by atoms with van der Waals surface area (Å²) >= 11 is 0. The number of hydrogen-bond donors (Lipinski definition) is 1. The van der Waals surface area contributed by atoms with Gasteiger partial charge in [0.2, 0.25) is 0 Å². The summed E-state index contributed by atoms with van der Waals surface area (Å²) < 4.78 is 4.87. The Kier molecular flexibility index (Phi) is 8.20. The SMILES string of the molecule is CCNC(C)(CCCN(C)CC(C)C)C(=O)OC. The van der Waals surface area contributed by atoms with E-state index in [4.69, 9.17) is 4.74 Å². The van der Waals surface area contributed by atoms with E-state index in [-0.39, 0.29) is 5.97 Å². The van der Waals surface area contributed by atoms with Crippen molar-refractivity contribution in [1.29, 1.82) is 0 Å². The minimum Gasteiger partial charge on any atom is -0.468 e. The first-order valence-electron chi connectivity index (χ1n) is 6.87. The first kappa shape index (κ1) is 17.4. The second-order valence-corrected chi connectivity index (χ2v) is 5.61. The zero-order valence-corrected chi connectivity index (χ0v) is 12.9. The van der Waals surface area contributed by atoms with Gasteiger partial charge in [-0.2, -0.15) is 0 Å². The fraction of sp³-hybridized carbons (Fsp3) is 0.929. The van der Waals surface area contributed by atoms with Gasteiger partial charge in [0.05, 0.1) is 7.11 Å². The van der Waals surface area contributed by atoms with Crippen molar-refractivity contribution in [2.24, 2.45) is 5.92 Å². The van der Waals surface area contributed by atoms with Gasteiger partial charge in [-0.3, -0.25) is 4.79 Å². The molecule has 1 atom stereocenters. The van der Waals surface area contributed by atoms with Crippen LogP contribution in [0.25, 0.3) is 0 Å². The Morgan fingerprint density at radius 2 is 2.06 bits per heavy atom. The van der Waals surface area contributed by atoms with Gasteiger partial charge in [-0.05, 0) is 45.8 Å². The number of nitrogens with one attached hydrogen (secondary N) is 1. The van der Waals surface area contributed by atoms with Crippen molar-refractivity contribution in [2.45, 2.75) is 46.1 Å². The van der Waals surface area contributed by atoms with E-state index >= 15 is 0 Å². The lowest BCUT2D eigenvalue weighted by Gasteiger charge is -2.28. The molecule has 4 nitrogen and oxygen atoms in total. The third-order valence-corrected chi connectivity index (χ3v) is 3.10. The summed E-state index contributed by atoms with van der Waals surface area (Å²) in [5.74, 6) is 0.506. The first-order chi connectivity index (χ1) is 8.35. The molecule has 1 unspecified atom stereocenters. The van der Waals surface area contributed by atoms with Crippen molar-refractivity contribution in [2.75, 3.05) is 33.8 Å². The molecule has 0 fully saturated rings. The zero-order valence-electron chi connectivity index (χ0n) is 12.9. The van der Waals surface area contributed by atoms with E-state index in [1.165, 1.54) is 7.11 Å². The van der Waals surface area contributed by atoms with Crippen LogP contribution in [0.1, 0.15) is 40.5 Å². The van der Waals surface area contributed by atoms with Gasteiger partial charge in [0.15, 0.2) is 0 Å². The number of carbonyl (C=O) groups is 1. The van der Waals surface area contributed by atoms with Gasteiger partial charge in [0.25, 0.3) is 0 Å². The molecule has 0 radical (unpaired) electrons. The average molecular weight is 258 g/mol. The lowest BCUT2D eigenvalue weighted by atomic mass is 9.95. The van der Waals surface area contributed by atoms with Crippen molar-refractivity contribution in [3.63, 3.8) is 0 Å². The fourth-order valence-corrected chi connectivity index (χ4v) is 2.30. The highest BCUT2D eigenvalue weighted by atomic mass is 16.5. The maximum Gasteiger partial charge on any atom is 0.325 e. The van der Waals surface area contributed by atoms with Crippen LogP contribution in [0.5, 0.6) is 0 Å². The van der Waals surface area contributed by atoms with E-state index in [0.717, 1.165) is 32.5 Å². The predicted octanol–water partition coefficient (Wildman–Crippen LogP) is 1.90. The van der Waals surface area contributed by atoms with Crippen LogP contribution in [-0.4, -0.2) is 50.2 Å². The minimum absolute atomic E-state index is 0.170. The lowest BCUT2D eigenvalue weighted by molar-refractivity contribution is -0.148. The van der Waals surface area contributed by atoms with Crippen LogP contribution < -0.4 is 5.32 Å². The molecule has 0 saturated heterocycles. The van der Waals surface area contributed by atoms with Crippen molar-refractivity contribution >= 4 is 5.97 Å². The molecule has 0 aromatic heterocycles. The molecular weight excluding hydrogens is 228 g/mol. The first-order valence-corrected chi connectivity index (χ1v) is 6.87. The van der Waals surface area contributed by atoms with Crippen LogP contribution in [0.2, 0.25) is 0 Å². The number of rotatable bonds is 9. The largest absolute Gasteiger partial charge is 0.468 e. The normalized spacial score (nSPS) is 14.9. The molecule has 18 heavy (non-hydrogen) atoms. The van der Waals surface area contributed by atoms with E-state index in [1.54, 1.807) is 0 Å². The molecule has 0 aliphatic carbocycles. The van der Waals surface area contributed by atoms with Gasteiger partial charge in [0.1, 0.15) is 5.54 Å². The number of esters is 1. The van der Waals surface area contributed by atoms with E-state index < -0.39 is 5.54 Å². The summed E-state index contributed by atoms with van der Waals surface area (Å²) in [6.45, 7) is 11.2. The highest BCUT2D eigenvalue weighted by molar-refractivity contribution is 5.80. The standard InChI is InChI=1S/C14H30N2O2/c1-7-15-14(4,13(17)18-6)9-8-10-16(5)11-12(2)3/h12,15H,7-11H2,1-6H3. The average Bonchev–Trinajstić information content (AvgIpc) is 2.27. The number of hydrogen-bond acceptors (Lipinski definition) is 4. The molecule has 0 aliphatic heterocycles. The van der Waals surface area contributed by atoms with Crippen molar-refractivity contribution in [1.82, 2.24) is 10.2 Å². The Balaban J connectivity index is 4.16. The van der Waals surface area contributed by atoms with Crippen LogP contribution >= 0.6 is 0 Å². The molecule has 0 saturated carbocycles. The summed E-state index contributed by atoms with van der Waals surface area (Å²) in [6, 6.07) is 0. The van der Waals surface area contributed by atoms with E-state index in [0.29, 0.717) is 5.92 Å². The monoisotopic (exact) mass is 258 g/mol. The Hall–Kier alpha value is -0.610. The second-order valence-electron chi connectivity index (χ2n) is 5.61. The highest BCUT2D eigenvalue weighted by Crippen LogP contribution is 2.15.